The third-order valence-corrected chi connectivity index (χ3v) is 4.74. The average Bonchev–Trinajstić information content (AvgIpc) is 2.71. The summed E-state index contributed by atoms with van der Waals surface area (Å²) in [6.07, 6.45) is 0. The van der Waals surface area contributed by atoms with Gasteiger partial charge in [-0.2, -0.15) is 0 Å². The molecule has 1 atom stereocenters. The van der Waals surface area contributed by atoms with Crippen LogP contribution in [0.1, 0.15) is 20.8 Å². The van der Waals surface area contributed by atoms with Crippen LogP contribution in [0, 0.1) is 0 Å². The Morgan fingerprint density at radius 1 is 1.05 bits per heavy atom. The van der Waals surface area contributed by atoms with Crippen molar-refractivity contribution in [3.05, 3.63) is 30.3 Å². The van der Waals surface area contributed by atoms with E-state index in [1.165, 1.54) is 0 Å². The van der Waals surface area contributed by atoms with Crippen molar-refractivity contribution in [3.8, 4) is 0 Å². The van der Waals surface area contributed by atoms with E-state index in [-0.39, 0.29) is 18.3 Å². The summed E-state index contributed by atoms with van der Waals surface area (Å²) in [6.45, 7) is 10.8. The lowest BCUT2D eigenvalue weighted by Gasteiger charge is -2.41. The second-order valence-corrected chi connectivity index (χ2v) is 6.61. The van der Waals surface area contributed by atoms with E-state index in [0.29, 0.717) is 0 Å². The number of nitrogens with zero attached hydrogens (tertiary/aromatic N) is 1. The summed E-state index contributed by atoms with van der Waals surface area (Å²) in [7, 11) is -0.285. The monoisotopic (exact) mass is 289 g/mol. The van der Waals surface area contributed by atoms with Crippen LogP contribution in [-0.2, 0) is 14.0 Å². The standard InChI is InChI=1S/C16H24BNO3/c1-15(2)16(3,13-18-9-11-19-12-10-18)21-17(20-15)14-7-5-4-6-8-14/h4-8H,9-13H2,1-3H3. The molecule has 0 aliphatic carbocycles. The van der Waals surface area contributed by atoms with Gasteiger partial charge in [0.25, 0.3) is 0 Å². The minimum atomic E-state index is -0.329. The number of ether oxygens (including phenoxy) is 1. The molecule has 0 aromatic heterocycles. The maximum Gasteiger partial charge on any atom is 0.494 e. The van der Waals surface area contributed by atoms with Crippen LogP contribution in [-0.4, -0.2) is 56.1 Å². The van der Waals surface area contributed by atoms with E-state index >= 15 is 0 Å². The predicted molar refractivity (Wildman–Crippen MR) is 83.7 cm³/mol. The van der Waals surface area contributed by atoms with Crippen LogP contribution >= 0.6 is 0 Å². The normalized spacial score (nSPS) is 29.8. The molecule has 1 aromatic carbocycles. The Morgan fingerprint density at radius 2 is 1.71 bits per heavy atom. The summed E-state index contributed by atoms with van der Waals surface area (Å²) in [5.41, 5.74) is 0.424. The number of morpholine rings is 1. The van der Waals surface area contributed by atoms with Crippen LogP contribution in [0.2, 0.25) is 0 Å². The van der Waals surface area contributed by atoms with E-state index in [0.717, 1.165) is 38.3 Å². The molecule has 4 nitrogen and oxygen atoms in total. The summed E-state index contributed by atoms with van der Waals surface area (Å²) in [6, 6.07) is 10.2. The quantitative estimate of drug-likeness (QED) is 0.785. The minimum Gasteiger partial charge on any atom is -0.399 e. The zero-order chi connectivity index (χ0) is 14.9. The van der Waals surface area contributed by atoms with Gasteiger partial charge in [0.2, 0.25) is 0 Å². The van der Waals surface area contributed by atoms with Gasteiger partial charge in [-0.25, -0.2) is 0 Å². The summed E-state index contributed by atoms with van der Waals surface area (Å²) in [5.74, 6) is 0. The van der Waals surface area contributed by atoms with Crippen molar-refractivity contribution >= 4 is 12.6 Å². The number of hydrogen-bond acceptors (Lipinski definition) is 4. The van der Waals surface area contributed by atoms with Gasteiger partial charge < -0.3 is 14.0 Å². The molecule has 0 spiro atoms. The van der Waals surface area contributed by atoms with Crippen molar-refractivity contribution < 1.29 is 14.0 Å². The van der Waals surface area contributed by atoms with Crippen LogP contribution in [0.3, 0.4) is 0 Å². The lowest BCUT2D eigenvalue weighted by molar-refractivity contribution is -0.0544. The Balaban J connectivity index is 1.74. The second-order valence-electron chi connectivity index (χ2n) is 6.61. The maximum atomic E-state index is 6.35. The summed E-state index contributed by atoms with van der Waals surface area (Å²) < 4.78 is 18.0. The molecule has 114 valence electrons. The molecule has 21 heavy (non-hydrogen) atoms. The van der Waals surface area contributed by atoms with Crippen LogP contribution in [0.15, 0.2) is 30.3 Å². The molecule has 1 unspecified atom stereocenters. The number of hydrogen-bond donors (Lipinski definition) is 0. The first kappa shape index (κ1) is 15.0. The van der Waals surface area contributed by atoms with Crippen molar-refractivity contribution in [3.63, 3.8) is 0 Å². The SMILES string of the molecule is CC1(C)OB(c2ccccc2)OC1(C)CN1CCOCC1. The molecule has 2 saturated heterocycles. The van der Waals surface area contributed by atoms with Gasteiger partial charge in [-0.1, -0.05) is 30.3 Å². The third kappa shape index (κ3) is 3.02. The Hall–Kier alpha value is -0.875. The summed E-state index contributed by atoms with van der Waals surface area (Å²) >= 11 is 0. The van der Waals surface area contributed by atoms with Crippen molar-refractivity contribution in [1.29, 1.82) is 0 Å². The van der Waals surface area contributed by atoms with Gasteiger partial charge >= 0.3 is 7.12 Å². The second kappa shape index (κ2) is 5.73. The molecule has 3 rings (SSSR count). The van der Waals surface area contributed by atoms with Gasteiger partial charge in [0.05, 0.1) is 24.4 Å². The smallest absolute Gasteiger partial charge is 0.399 e. The minimum absolute atomic E-state index is 0.285. The first-order valence-corrected chi connectivity index (χ1v) is 7.71. The molecule has 2 aliphatic rings. The fourth-order valence-electron chi connectivity index (χ4n) is 2.95. The highest BCUT2D eigenvalue weighted by molar-refractivity contribution is 6.62. The topological polar surface area (TPSA) is 30.9 Å². The Kier molecular flexibility index (Phi) is 4.10. The van der Waals surface area contributed by atoms with E-state index < -0.39 is 0 Å². The van der Waals surface area contributed by atoms with Crippen molar-refractivity contribution in [2.24, 2.45) is 0 Å². The molecule has 2 fully saturated rings. The van der Waals surface area contributed by atoms with Crippen LogP contribution < -0.4 is 5.46 Å². The molecule has 1 aromatic rings. The van der Waals surface area contributed by atoms with Crippen molar-refractivity contribution in [1.82, 2.24) is 4.90 Å². The first-order valence-electron chi connectivity index (χ1n) is 7.71. The van der Waals surface area contributed by atoms with Gasteiger partial charge in [-0.3, -0.25) is 4.90 Å². The van der Waals surface area contributed by atoms with E-state index in [9.17, 15) is 0 Å². The summed E-state index contributed by atoms with van der Waals surface area (Å²) in [4.78, 5) is 2.40. The first-order chi connectivity index (χ1) is 10.0. The highest BCUT2D eigenvalue weighted by Gasteiger charge is 2.55. The highest BCUT2D eigenvalue weighted by Crippen LogP contribution is 2.37. The molecule has 0 saturated carbocycles. The van der Waals surface area contributed by atoms with Crippen molar-refractivity contribution in [2.45, 2.75) is 32.0 Å². The van der Waals surface area contributed by atoms with Crippen LogP contribution in [0.4, 0.5) is 0 Å². The van der Waals surface area contributed by atoms with Gasteiger partial charge in [-0.15, -0.1) is 0 Å². The Labute approximate surface area is 127 Å². The molecular formula is C16H24BNO3. The lowest BCUT2D eigenvalue weighted by atomic mass is 9.79. The average molecular weight is 289 g/mol. The van der Waals surface area contributed by atoms with Crippen molar-refractivity contribution in [2.75, 3.05) is 32.8 Å². The molecule has 2 aliphatic heterocycles. The summed E-state index contributed by atoms with van der Waals surface area (Å²) in [5, 5.41) is 0. The van der Waals surface area contributed by atoms with E-state index in [1.54, 1.807) is 0 Å². The van der Waals surface area contributed by atoms with Crippen LogP contribution in [0.25, 0.3) is 0 Å². The van der Waals surface area contributed by atoms with E-state index in [2.05, 4.69) is 37.8 Å². The van der Waals surface area contributed by atoms with Gasteiger partial charge in [-0.05, 0) is 26.2 Å². The predicted octanol–water partition coefficient (Wildman–Crippen LogP) is 1.30. The Morgan fingerprint density at radius 3 is 2.38 bits per heavy atom. The molecule has 5 heteroatoms. The molecule has 0 N–H and O–H groups in total. The molecule has 0 amide bonds. The molecule has 0 radical (unpaired) electrons. The third-order valence-electron chi connectivity index (χ3n) is 4.74. The molecule has 2 heterocycles. The largest absolute Gasteiger partial charge is 0.494 e. The van der Waals surface area contributed by atoms with Gasteiger partial charge in [0.1, 0.15) is 0 Å². The Bertz CT molecular complexity index is 476. The number of rotatable bonds is 3. The lowest BCUT2D eigenvalue weighted by Crippen LogP contribution is -2.55. The maximum absolute atomic E-state index is 6.35. The van der Waals surface area contributed by atoms with E-state index in [1.807, 2.05) is 18.2 Å². The zero-order valence-electron chi connectivity index (χ0n) is 13.2. The zero-order valence-corrected chi connectivity index (χ0v) is 13.2. The molecular weight excluding hydrogens is 265 g/mol. The molecule has 0 bridgehead atoms. The van der Waals surface area contributed by atoms with E-state index in [4.69, 9.17) is 14.0 Å². The van der Waals surface area contributed by atoms with Gasteiger partial charge in [0.15, 0.2) is 0 Å². The fourth-order valence-corrected chi connectivity index (χ4v) is 2.95. The highest BCUT2D eigenvalue weighted by atomic mass is 16.7. The fraction of sp³-hybridized carbons (Fsp3) is 0.625. The van der Waals surface area contributed by atoms with Gasteiger partial charge in [0, 0.05) is 19.6 Å². The van der Waals surface area contributed by atoms with Crippen LogP contribution in [0.5, 0.6) is 0 Å². The number of benzene rings is 1.